The first-order valence-electron chi connectivity index (χ1n) is 7.58. The van der Waals surface area contributed by atoms with Gasteiger partial charge in [0.1, 0.15) is 0 Å². The molecule has 2 heteroatoms. The highest BCUT2D eigenvalue weighted by molar-refractivity contribution is 6.31. The zero-order valence-electron chi connectivity index (χ0n) is 12.6. The van der Waals surface area contributed by atoms with Crippen LogP contribution < -0.4 is 5.73 Å². The second-order valence-electron chi connectivity index (χ2n) is 5.62. The summed E-state index contributed by atoms with van der Waals surface area (Å²) >= 11 is 6.30. The first kappa shape index (κ1) is 16.5. The van der Waals surface area contributed by atoms with Crippen LogP contribution in [-0.2, 0) is 0 Å². The van der Waals surface area contributed by atoms with Crippen molar-refractivity contribution in [1.29, 1.82) is 0 Å². The van der Waals surface area contributed by atoms with Crippen molar-refractivity contribution >= 4 is 11.6 Å². The van der Waals surface area contributed by atoms with Crippen LogP contribution in [0.25, 0.3) is 0 Å². The fourth-order valence-corrected chi connectivity index (χ4v) is 2.75. The number of hydrogen-bond acceptors (Lipinski definition) is 1. The average molecular weight is 282 g/mol. The van der Waals surface area contributed by atoms with E-state index in [-0.39, 0.29) is 6.04 Å². The van der Waals surface area contributed by atoms with Crippen LogP contribution in [0.1, 0.15) is 74.6 Å². The molecule has 19 heavy (non-hydrogen) atoms. The van der Waals surface area contributed by atoms with E-state index >= 15 is 0 Å². The molecular formula is C17H28ClN. The normalized spacial score (nSPS) is 12.7. The van der Waals surface area contributed by atoms with Gasteiger partial charge in [0.2, 0.25) is 0 Å². The van der Waals surface area contributed by atoms with Gasteiger partial charge in [0, 0.05) is 11.1 Å². The monoisotopic (exact) mass is 281 g/mol. The van der Waals surface area contributed by atoms with Gasteiger partial charge in [0.05, 0.1) is 0 Å². The molecule has 1 aromatic carbocycles. The molecule has 1 atom stereocenters. The number of nitrogens with two attached hydrogens (primary N) is 1. The predicted molar refractivity (Wildman–Crippen MR) is 85.8 cm³/mol. The van der Waals surface area contributed by atoms with E-state index in [4.69, 9.17) is 17.3 Å². The number of aryl methyl sites for hydroxylation is 2. The second kappa shape index (κ2) is 8.60. The lowest BCUT2D eigenvalue weighted by atomic mass is 9.97. The van der Waals surface area contributed by atoms with E-state index in [1.165, 1.54) is 49.7 Å². The summed E-state index contributed by atoms with van der Waals surface area (Å²) in [5.74, 6) is 0. The first-order valence-corrected chi connectivity index (χ1v) is 7.96. The van der Waals surface area contributed by atoms with Gasteiger partial charge < -0.3 is 5.73 Å². The van der Waals surface area contributed by atoms with E-state index in [0.29, 0.717) is 0 Å². The van der Waals surface area contributed by atoms with E-state index < -0.39 is 0 Å². The molecule has 0 aliphatic heterocycles. The van der Waals surface area contributed by atoms with Crippen molar-refractivity contribution in [1.82, 2.24) is 0 Å². The molecule has 0 radical (unpaired) electrons. The van der Waals surface area contributed by atoms with Crippen molar-refractivity contribution < 1.29 is 0 Å². The molecule has 1 rings (SSSR count). The van der Waals surface area contributed by atoms with Crippen LogP contribution in [0.4, 0.5) is 0 Å². The molecule has 1 aromatic rings. The maximum absolute atomic E-state index is 6.30. The highest BCUT2D eigenvalue weighted by Crippen LogP contribution is 2.28. The quantitative estimate of drug-likeness (QED) is 0.607. The van der Waals surface area contributed by atoms with E-state index in [2.05, 4.69) is 26.8 Å². The fourth-order valence-electron chi connectivity index (χ4n) is 2.39. The Morgan fingerprint density at radius 3 is 2.26 bits per heavy atom. The second-order valence-corrected chi connectivity index (χ2v) is 6.03. The molecular weight excluding hydrogens is 254 g/mol. The molecule has 0 amide bonds. The largest absolute Gasteiger partial charge is 0.324 e. The molecule has 0 saturated heterocycles. The van der Waals surface area contributed by atoms with Crippen LogP contribution >= 0.6 is 11.6 Å². The predicted octanol–water partition coefficient (Wildman–Crippen LogP) is 5.71. The molecule has 0 bridgehead atoms. The van der Waals surface area contributed by atoms with Gasteiger partial charge in [-0.3, -0.25) is 0 Å². The van der Waals surface area contributed by atoms with Gasteiger partial charge >= 0.3 is 0 Å². The van der Waals surface area contributed by atoms with Crippen LogP contribution in [-0.4, -0.2) is 0 Å². The summed E-state index contributed by atoms with van der Waals surface area (Å²) in [4.78, 5) is 0. The van der Waals surface area contributed by atoms with Gasteiger partial charge in [-0.25, -0.2) is 0 Å². The van der Waals surface area contributed by atoms with Crippen molar-refractivity contribution in [2.75, 3.05) is 0 Å². The maximum Gasteiger partial charge on any atom is 0.0456 e. The molecule has 1 nitrogen and oxygen atoms in total. The lowest BCUT2D eigenvalue weighted by Gasteiger charge is -2.15. The smallest absolute Gasteiger partial charge is 0.0456 e. The van der Waals surface area contributed by atoms with Crippen molar-refractivity contribution in [2.24, 2.45) is 5.73 Å². The number of halogens is 1. The molecule has 0 heterocycles. The van der Waals surface area contributed by atoms with Gasteiger partial charge in [-0.2, -0.15) is 0 Å². The Bertz CT molecular complexity index is 387. The summed E-state index contributed by atoms with van der Waals surface area (Å²) in [7, 11) is 0. The lowest BCUT2D eigenvalue weighted by Crippen LogP contribution is -2.11. The van der Waals surface area contributed by atoms with E-state index in [1.54, 1.807) is 0 Å². The van der Waals surface area contributed by atoms with Gasteiger partial charge in [-0.05, 0) is 43.0 Å². The standard InChI is InChI=1S/C17H28ClN/c1-4-5-6-7-8-9-10-17(19)15-11-13(2)14(3)12-16(15)18/h11-12,17H,4-10,19H2,1-3H3. The molecule has 0 aliphatic rings. The van der Waals surface area contributed by atoms with Crippen LogP contribution in [0, 0.1) is 13.8 Å². The Morgan fingerprint density at radius 1 is 1.00 bits per heavy atom. The highest BCUT2D eigenvalue weighted by atomic mass is 35.5. The van der Waals surface area contributed by atoms with Gasteiger partial charge in [0.25, 0.3) is 0 Å². The minimum Gasteiger partial charge on any atom is -0.324 e. The first-order chi connectivity index (χ1) is 9.06. The molecule has 0 fully saturated rings. The zero-order chi connectivity index (χ0) is 14.3. The Kier molecular flexibility index (Phi) is 7.48. The fraction of sp³-hybridized carbons (Fsp3) is 0.647. The van der Waals surface area contributed by atoms with E-state index in [1.807, 2.05) is 6.07 Å². The Morgan fingerprint density at radius 2 is 1.58 bits per heavy atom. The summed E-state index contributed by atoms with van der Waals surface area (Å²) < 4.78 is 0. The van der Waals surface area contributed by atoms with Crippen LogP contribution in [0.3, 0.4) is 0 Å². The van der Waals surface area contributed by atoms with Crippen molar-refractivity contribution in [3.8, 4) is 0 Å². The Hall–Kier alpha value is -0.530. The number of rotatable bonds is 8. The number of hydrogen-bond donors (Lipinski definition) is 1. The summed E-state index contributed by atoms with van der Waals surface area (Å²) in [5.41, 5.74) is 9.89. The Balaban J connectivity index is 2.41. The third kappa shape index (κ3) is 5.54. The third-order valence-electron chi connectivity index (χ3n) is 3.88. The highest BCUT2D eigenvalue weighted by Gasteiger charge is 2.11. The maximum atomic E-state index is 6.30. The van der Waals surface area contributed by atoms with Gasteiger partial charge in [0.15, 0.2) is 0 Å². The molecule has 0 aliphatic carbocycles. The summed E-state index contributed by atoms with van der Waals surface area (Å²) in [6, 6.07) is 4.27. The van der Waals surface area contributed by atoms with E-state index in [9.17, 15) is 0 Å². The molecule has 0 spiro atoms. The van der Waals surface area contributed by atoms with Crippen LogP contribution in [0.5, 0.6) is 0 Å². The minimum absolute atomic E-state index is 0.0815. The minimum atomic E-state index is 0.0815. The molecule has 108 valence electrons. The summed E-state index contributed by atoms with van der Waals surface area (Å²) in [6.45, 7) is 6.45. The molecule has 2 N–H and O–H groups in total. The SMILES string of the molecule is CCCCCCCCC(N)c1cc(C)c(C)cc1Cl. The average Bonchev–Trinajstić information content (AvgIpc) is 2.37. The van der Waals surface area contributed by atoms with Crippen molar-refractivity contribution in [2.45, 2.75) is 71.8 Å². The lowest BCUT2D eigenvalue weighted by molar-refractivity contribution is 0.547. The van der Waals surface area contributed by atoms with Gasteiger partial charge in [-0.1, -0.05) is 63.1 Å². The summed E-state index contributed by atoms with van der Waals surface area (Å²) in [5, 5.41) is 0.821. The van der Waals surface area contributed by atoms with Crippen LogP contribution in [0.15, 0.2) is 12.1 Å². The molecule has 0 aromatic heterocycles. The number of benzene rings is 1. The zero-order valence-corrected chi connectivity index (χ0v) is 13.4. The summed E-state index contributed by atoms with van der Waals surface area (Å²) in [6.07, 6.45) is 8.88. The molecule has 0 saturated carbocycles. The topological polar surface area (TPSA) is 26.0 Å². The van der Waals surface area contributed by atoms with E-state index in [0.717, 1.165) is 17.0 Å². The van der Waals surface area contributed by atoms with Gasteiger partial charge in [-0.15, -0.1) is 0 Å². The number of unbranched alkanes of at least 4 members (excludes halogenated alkanes) is 5. The Labute approximate surface area is 123 Å². The van der Waals surface area contributed by atoms with Crippen LogP contribution in [0.2, 0.25) is 5.02 Å². The van der Waals surface area contributed by atoms with Crippen molar-refractivity contribution in [3.05, 3.63) is 33.8 Å². The van der Waals surface area contributed by atoms with Crippen molar-refractivity contribution in [3.63, 3.8) is 0 Å². The molecule has 1 unspecified atom stereocenters. The third-order valence-corrected chi connectivity index (χ3v) is 4.21.